The van der Waals surface area contributed by atoms with E-state index in [0.29, 0.717) is 19.9 Å². The molecule has 0 unspecified atom stereocenters. The summed E-state index contributed by atoms with van der Waals surface area (Å²) < 4.78 is 11.7. The van der Waals surface area contributed by atoms with Crippen LogP contribution in [0.25, 0.3) is 11.1 Å². The van der Waals surface area contributed by atoms with Gasteiger partial charge in [0.05, 0.1) is 19.4 Å². The van der Waals surface area contributed by atoms with Crippen LogP contribution < -0.4 is 4.74 Å². The van der Waals surface area contributed by atoms with Crippen LogP contribution in [0, 0.1) is 0 Å². The lowest BCUT2D eigenvalue weighted by Gasteiger charge is -2.30. The van der Waals surface area contributed by atoms with Crippen LogP contribution in [-0.4, -0.2) is 36.3 Å². The van der Waals surface area contributed by atoms with Crippen molar-refractivity contribution < 1.29 is 9.47 Å². The summed E-state index contributed by atoms with van der Waals surface area (Å²) in [5, 5.41) is 0. The van der Waals surface area contributed by atoms with Crippen LogP contribution in [0.3, 0.4) is 0 Å². The molecule has 4 nitrogen and oxygen atoms in total. The smallest absolute Gasteiger partial charge is 0.142 e. The fraction of sp³-hybridized carbons (Fsp3) is 0.292. The molecule has 0 spiro atoms. The van der Waals surface area contributed by atoms with Crippen LogP contribution in [-0.2, 0) is 17.8 Å². The van der Waals surface area contributed by atoms with Crippen molar-refractivity contribution in [3.8, 4) is 16.9 Å². The van der Waals surface area contributed by atoms with Crippen LogP contribution in [0.5, 0.6) is 5.75 Å². The monoisotopic (exact) mass is 374 g/mol. The van der Waals surface area contributed by atoms with Gasteiger partial charge in [-0.2, -0.15) is 0 Å². The highest BCUT2D eigenvalue weighted by atomic mass is 16.5. The quantitative estimate of drug-likeness (QED) is 0.515. The van der Waals surface area contributed by atoms with Crippen LogP contribution in [0.15, 0.2) is 73.1 Å². The first-order valence-corrected chi connectivity index (χ1v) is 9.88. The molecule has 0 amide bonds. The van der Waals surface area contributed by atoms with E-state index in [4.69, 9.17) is 9.47 Å². The second kappa shape index (κ2) is 9.49. The normalized spacial score (nSPS) is 13.9. The van der Waals surface area contributed by atoms with Crippen molar-refractivity contribution in [3.05, 3.63) is 84.2 Å². The molecule has 4 rings (SSSR count). The Morgan fingerprint density at radius 3 is 2.54 bits per heavy atom. The van der Waals surface area contributed by atoms with Crippen LogP contribution >= 0.6 is 0 Å². The first-order valence-electron chi connectivity index (χ1n) is 9.88. The number of pyridine rings is 1. The lowest BCUT2D eigenvalue weighted by atomic mass is 10.0. The van der Waals surface area contributed by atoms with E-state index >= 15 is 0 Å². The number of ether oxygens (including phenoxy) is 2. The van der Waals surface area contributed by atoms with E-state index in [9.17, 15) is 0 Å². The highest BCUT2D eigenvalue weighted by Crippen LogP contribution is 2.24. The van der Waals surface area contributed by atoms with E-state index in [2.05, 4.69) is 52.3 Å². The van der Waals surface area contributed by atoms with Gasteiger partial charge in [-0.05, 0) is 35.6 Å². The standard InChI is InChI=1S/C24H26N2O2/c1-2-6-21(7-3-1)18-27-13-10-20-8-4-9-22(14-20)23-15-24(17-25-16-23)28-19-26-11-5-12-26/h1-4,6-9,14-17H,5,10-13,18-19H2. The molecule has 0 aliphatic carbocycles. The Balaban J connectivity index is 1.32. The Labute approximate surface area is 166 Å². The van der Waals surface area contributed by atoms with Gasteiger partial charge in [0.25, 0.3) is 0 Å². The average Bonchev–Trinajstić information content (AvgIpc) is 2.71. The summed E-state index contributed by atoms with van der Waals surface area (Å²) >= 11 is 0. The third-order valence-corrected chi connectivity index (χ3v) is 4.98. The molecule has 0 radical (unpaired) electrons. The summed E-state index contributed by atoms with van der Waals surface area (Å²) in [6, 6.07) is 20.9. The summed E-state index contributed by atoms with van der Waals surface area (Å²) in [5.74, 6) is 0.820. The predicted octanol–water partition coefficient (Wildman–Crippen LogP) is 4.55. The Morgan fingerprint density at radius 2 is 1.71 bits per heavy atom. The molecule has 2 heterocycles. The Morgan fingerprint density at radius 1 is 0.857 bits per heavy atom. The minimum Gasteiger partial charge on any atom is -0.477 e. The van der Waals surface area contributed by atoms with Gasteiger partial charge < -0.3 is 9.47 Å². The third kappa shape index (κ3) is 5.18. The zero-order chi connectivity index (χ0) is 19.0. The number of hydrogen-bond acceptors (Lipinski definition) is 4. The molecule has 3 aromatic rings. The van der Waals surface area contributed by atoms with E-state index in [-0.39, 0.29) is 0 Å². The second-order valence-corrected chi connectivity index (χ2v) is 7.14. The maximum Gasteiger partial charge on any atom is 0.142 e. The Hall–Kier alpha value is -2.69. The van der Waals surface area contributed by atoms with Gasteiger partial charge in [-0.3, -0.25) is 9.88 Å². The van der Waals surface area contributed by atoms with Gasteiger partial charge in [-0.1, -0.05) is 54.6 Å². The molecule has 28 heavy (non-hydrogen) atoms. The first-order chi connectivity index (χ1) is 13.9. The third-order valence-electron chi connectivity index (χ3n) is 4.98. The molecule has 1 fully saturated rings. The molecule has 144 valence electrons. The summed E-state index contributed by atoms with van der Waals surface area (Å²) in [6.45, 7) is 4.25. The van der Waals surface area contributed by atoms with Crippen molar-refractivity contribution in [1.29, 1.82) is 0 Å². The van der Waals surface area contributed by atoms with Gasteiger partial charge in [0.15, 0.2) is 0 Å². The van der Waals surface area contributed by atoms with E-state index in [1.54, 1.807) is 6.20 Å². The molecule has 2 aromatic carbocycles. The fourth-order valence-electron chi connectivity index (χ4n) is 3.19. The molecule has 0 bridgehead atoms. The molecule has 1 aliphatic heterocycles. The van der Waals surface area contributed by atoms with E-state index in [1.807, 2.05) is 24.4 Å². The van der Waals surface area contributed by atoms with Gasteiger partial charge >= 0.3 is 0 Å². The number of likely N-dealkylation sites (tertiary alicyclic amines) is 1. The van der Waals surface area contributed by atoms with Crippen molar-refractivity contribution in [1.82, 2.24) is 9.88 Å². The van der Waals surface area contributed by atoms with Crippen molar-refractivity contribution in [3.63, 3.8) is 0 Å². The molecule has 4 heteroatoms. The average molecular weight is 374 g/mol. The van der Waals surface area contributed by atoms with Gasteiger partial charge in [0.1, 0.15) is 12.5 Å². The molecule has 1 aliphatic rings. The minimum absolute atomic E-state index is 0.643. The van der Waals surface area contributed by atoms with Gasteiger partial charge in [0, 0.05) is 24.8 Å². The van der Waals surface area contributed by atoms with Crippen molar-refractivity contribution in [2.75, 3.05) is 26.4 Å². The van der Waals surface area contributed by atoms with E-state index in [1.165, 1.54) is 17.5 Å². The zero-order valence-electron chi connectivity index (χ0n) is 16.1. The minimum atomic E-state index is 0.643. The number of nitrogens with zero attached hydrogens (tertiary/aromatic N) is 2. The van der Waals surface area contributed by atoms with E-state index in [0.717, 1.165) is 36.4 Å². The molecule has 0 atom stereocenters. The molecule has 1 aromatic heterocycles. The van der Waals surface area contributed by atoms with Crippen LogP contribution in [0.1, 0.15) is 17.5 Å². The van der Waals surface area contributed by atoms with Gasteiger partial charge in [-0.25, -0.2) is 0 Å². The van der Waals surface area contributed by atoms with Crippen LogP contribution in [0.4, 0.5) is 0 Å². The number of benzene rings is 2. The number of hydrogen-bond donors (Lipinski definition) is 0. The molecular formula is C24H26N2O2. The van der Waals surface area contributed by atoms with Crippen LogP contribution in [0.2, 0.25) is 0 Å². The summed E-state index contributed by atoms with van der Waals surface area (Å²) in [7, 11) is 0. The second-order valence-electron chi connectivity index (χ2n) is 7.14. The maximum atomic E-state index is 5.87. The van der Waals surface area contributed by atoms with Gasteiger partial charge in [-0.15, -0.1) is 0 Å². The lowest BCUT2D eigenvalue weighted by molar-refractivity contribution is 0.0729. The predicted molar refractivity (Wildman–Crippen MR) is 111 cm³/mol. The maximum absolute atomic E-state index is 5.87. The lowest BCUT2D eigenvalue weighted by Crippen LogP contribution is -2.39. The molecule has 0 N–H and O–H groups in total. The largest absolute Gasteiger partial charge is 0.477 e. The SMILES string of the molecule is c1ccc(COCCc2cccc(-c3cncc(OCN4CCC4)c3)c2)cc1. The first kappa shape index (κ1) is 18.7. The Kier molecular flexibility index (Phi) is 6.32. The number of rotatable bonds is 9. The zero-order valence-corrected chi connectivity index (χ0v) is 16.1. The van der Waals surface area contributed by atoms with Gasteiger partial charge in [0.2, 0.25) is 0 Å². The Bertz CT molecular complexity index is 879. The number of aromatic nitrogens is 1. The van der Waals surface area contributed by atoms with Crippen molar-refractivity contribution in [2.24, 2.45) is 0 Å². The molecule has 1 saturated heterocycles. The molecule has 0 saturated carbocycles. The molecular weight excluding hydrogens is 348 g/mol. The summed E-state index contributed by atoms with van der Waals surface area (Å²) in [4.78, 5) is 6.63. The summed E-state index contributed by atoms with van der Waals surface area (Å²) in [5.41, 5.74) is 4.70. The fourth-order valence-corrected chi connectivity index (χ4v) is 3.19. The topological polar surface area (TPSA) is 34.6 Å². The highest BCUT2D eigenvalue weighted by Gasteiger charge is 2.13. The summed E-state index contributed by atoms with van der Waals surface area (Å²) in [6.07, 6.45) is 5.83. The van der Waals surface area contributed by atoms with E-state index < -0.39 is 0 Å². The van der Waals surface area contributed by atoms with Crippen molar-refractivity contribution in [2.45, 2.75) is 19.4 Å². The van der Waals surface area contributed by atoms with Crippen molar-refractivity contribution >= 4 is 0 Å². The highest BCUT2D eigenvalue weighted by molar-refractivity contribution is 5.64.